The van der Waals surface area contributed by atoms with Gasteiger partial charge in [-0.3, -0.25) is 14.4 Å². The molecule has 6 nitrogen and oxygen atoms in total. The van der Waals surface area contributed by atoms with Crippen LogP contribution in [0.3, 0.4) is 0 Å². The van der Waals surface area contributed by atoms with Gasteiger partial charge in [0.05, 0.1) is 16.1 Å². The van der Waals surface area contributed by atoms with Crippen molar-refractivity contribution in [2.45, 2.75) is 11.4 Å². The van der Waals surface area contributed by atoms with E-state index in [0.29, 0.717) is 31.2 Å². The Balaban J connectivity index is 1.43. The van der Waals surface area contributed by atoms with Gasteiger partial charge in [-0.25, -0.2) is 12.8 Å². The maximum atomic E-state index is 13.2. The van der Waals surface area contributed by atoms with Crippen LogP contribution < -0.4 is 4.72 Å². The number of rotatable bonds is 6. The van der Waals surface area contributed by atoms with Crippen LogP contribution in [0.25, 0.3) is 0 Å². The number of para-hydroxylation sites is 1. The summed E-state index contributed by atoms with van der Waals surface area (Å²) in [4.78, 5) is 17.1. The quantitative estimate of drug-likeness (QED) is 0.564. The van der Waals surface area contributed by atoms with Crippen LogP contribution in [-0.2, 0) is 16.6 Å². The van der Waals surface area contributed by atoms with Gasteiger partial charge in [-0.1, -0.05) is 35.9 Å². The van der Waals surface area contributed by atoms with Crippen LogP contribution in [0.2, 0.25) is 5.02 Å². The number of benzene rings is 3. The number of hydrogen-bond donors (Lipinski definition) is 1. The molecule has 0 spiro atoms. The van der Waals surface area contributed by atoms with Crippen LogP contribution in [-0.4, -0.2) is 50.3 Å². The fourth-order valence-electron chi connectivity index (χ4n) is 3.70. The van der Waals surface area contributed by atoms with Crippen LogP contribution >= 0.6 is 11.6 Å². The van der Waals surface area contributed by atoms with E-state index in [-0.39, 0.29) is 22.1 Å². The van der Waals surface area contributed by atoms with Crippen molar-refractivity contribution in [2.75, 3.05) is 30.9 Å². The van der Waals surface area contributed by atoms with Gasteiger partial charge in [-0.15, -0.1) is 0 Å². The first-order chi connectivity index (χ1) is 15.8. The minimum absolute atomic E-state index is 0.0815. The highest BCUT2D eigenvalue weighted by Crippen LogP contribution is 2.23. The molecule has 1 N–H and O–H groups in total. The first kappa shape index (κ1) is 23.2. The number of amides is 1. The molecule has 33 heavy (non-hydrogen) atoms. The van der Waals surface area contributed by atoms with Gasteiger partial charge in [0, 0.05) is 37.7 Å². The first-order valence-electron chi connectivity index (χ1n) is 10.5. The van der Waals surface area contributed by atoms with Crippen LogP contribution in [0.4, 0.5) is 10.1 Å². The Morgan fingerprint density at radius 1 is 0.909 bits per heavy atom. The van der Waals surface area contributed by atoms with Crippen molar-refractivity contribution >= 4 is 33.2 Å². The standard InChI is InChI=1S/C24H23ClFN3O3S/c25-19-7-5-18(6-8-19)17-28-13-15-29(16-14-28)24(30)22-3-1-2-4-23(22)27-33(31,32)21-11-9-20(26)10-12-21/h1-12,27H,13-17H2. The van der Waals surface area contributed by atoms with E-state index in [1.54, 1.807) is 29.2 Å². The fourth-order valence-corrected chi connectivity index (χ4v) is 4.91. The molecule has 3 aromatic rings. The highest BCUT2D eigenvalue weighted by molar-refractivity contribution is 7.92. The number of halogens is 2. The first-order valence-corrected chi connectivity index (χ1v) is 12.3. The smallest absolute Gasteiger partial charge is 0.261 e. The van der Waals surface area contributed by atoms with Crippen molar-refractivity contribution in [3.63, 3.8) is 0 Å². The number of piperazine rings is 1. The Labute approximate surface area is 197 Å². The van der Waals surface area contributed by atoms with E-state index < -0.39 is 15.8 Å². The molecule has 9 heteroatoms. The second-order valence-corrected chi connectivity index (χ2v) is 9.92. The summed E-state index contributed by atoms with van der Waals surface area (Å²) < 4.78 is 41.1. The molecule has 0 aromatic heterocycles. The van der Waals surface area contributed by atoms with E-state index in [0.717, 1.165) is 24.2 Å². The number of anilines is 1. The molecule has 1 aliphatic rings. The molecule has 0 radical (unpaired) electrons. The summed E-state index contributed by atoms with van der Waals surface area (Å²) in [6.07, 6.45) is 0. The molecule has 1 fully saturated rings. The number of hydrogen-bond acceptors (Lipinski definition) is 4. The van der Waals surface area contributed by atoms with Crippen LogP contribution in [0.15, 0.2) is 77.7 Å². The summed E-state index contributed by atoms with van der Waals surface area (Å²) in [7, 11) is -3.97. The Morgan fingerprint density at radius 2 is 1.55 bits per heavy atom. The molecule has 1 saturated heterocycles. The van der Waals surface area contributed by atoms with Gasteiger partial charge in [0.2, 0.25) is 0 Å². The van der Waals surface area contributed by atoms with E-state index in [9.17, 15) is 17.6 Å². The Hall–Kier alpha value is -2.94. The molecule has 3 aromatic carbocycles. The average molecular weight is 488 g/mol. The number of sulfonamides is 1. The van der Waals surface area contributed by atoms with Gasteiger partial charge in [-0.2, -0.15) is 0 Å². The number of nitrogens with zero attached hydrogens (tertiary/aromatic N) is 2. The molecular formula is C24H23ClFN3O3S. The van der Waals surface area contributed by atoms with E-state index in [2.05, 4.69) is 9.62 Å². The summed E-state index contributed by atoms with van der Waals surface area (Å²) in [6.45, 7) is 3.25. The molecule has 1 heterocycles. The third-order valence-electron chi connectivity index (χ3n) is 5.50. The molecule has 0 bridgehead atoms. The Morgan fingerprint density at radius 3 is 2.21 bits per heavy atom. The van der Waals surface area contributed by atoms with E-state index in [1.165, 1.54) is 12.1 Å². The number of nitrogens with one attached hydrogen (secondary N) is 1. The third-order valence-corrected chi connectivity index (χ3v) is 7.14. The number of carbonyl (C=O) groups excluding carboxylic acids is 1. The predicted molar refractivity (Wildman–Crippen MR) is 126 cm³/mol. The van der Waals surface area contributed by atoms with Crippen molar-refractivity contribution in [1.82, 2.24) is 9.80 Å². The molecule has 0 unspecified atom stereocenters. The SMILES string of the molecule is O=C(c1ccccc1NS(=O)(=O)c1ccc(F)cc1)N1CCN(Cc2ccc(Cl)cc2)CC1. The zero-order chi connectivity index (χ0) is 23.4. The van der Waals surface area contributed by atoms with Crippen LogP contribution in [0.5, 0.6) is 0 Å². The lowest BCUT2D eigenvalue weighted by atomic mass is 10.1. The zero-order valence-electron chi connectivity index (χ0n) is 17.7. The highest BCUT2D eigenvalue weighted by atomic mass is 35.5. The molecule has 0 aliphatic carbocycles. The van der Waals surface area contributed by atoms with Gasteiger partial charge in [0.1, 0.15) is 5.82 Å². The second kappa shape index (κ2) is 9.91. The normalized spacial score (nSPS) is 14.8. The summed E-state index contributed by atoms with van der Waals surface area (Å²) in [6, 6.07) is 18.7. The van der Waals surface area contributed by atoms with Crippen molar-refractivity contribution in [3.05, 3.63) is 94.8 Å². The molecule has 4 rings (SSSR count). The van der Waals surface area contributed by atoms with Gasteiger partial charge < -0.3 is 4.90 Å². The third kappa shape index (κ3) is 5.71. The Bertz CT molecular complexity index is 1230. The molecule has 1 aliphatic heterocycles. The molecular weight excluding hydrogens is 465 g/mol. The zero-order valence-corrected chi connectivity index (χ0v) is 19.3. The molecule has 1 amide bonds. The van der Waals surface area contributed by atoms with Crippen molar-refractivity contribution in [2.24, 2.45) is 0 Å². The summed E-state index contributed by atoms with van der Waals surface area (Å²) >= 11 is 5.94. The molecule has 0 atom stereocenters. The van der Waals surface area contributed by atoms with Crippen molar-refractivity contribution < 1.29 is 17.6 Å². The van der Waals surface area contributed by atoms with Gasteiger partial charge >= 0.3 is 0 Å². The lowest BCUT2D eigenvalue weighted by molar-refractivity contribution is 0.0629. The maximum absolute atomic E-state index is 13.2. The van der Waals surface area contributed by atoms with E-state index in [1.807, 2.05) is 24.3 Å². The fraction of sp³-hybridized carbons (Fsp3) is 0.208. The maximum Gasteiger partial charge on any atom is 0.261 e. The summed E-state index contributed by atoms with van der Waals surface area (Å²) in [5, 5.41) is 0.697. The van der Waals surface area contributed by atoms with Crippen LogP contribution in [0, 0.1) is 5.82 Å². The predicted octanol–water partition coefficient (Wildman–Crippen LogP) is 4.24. The van der Waals surface area contributed by atoms with Crippen molar-refractivity contribution in [1.29, 1.82) is 0 Å². The lowest BCUT2D eigenvalue weighted by Gasteiger charge is -2.35. The largest absolute Gasteiger partial charge is 0.336 e. The monoisotopic (exact) mass is 487 g/mol. The Kier molecular flexibility index (Phi) is 6.97. The lowest BCUT2D eigenvalue weighted by Crippen LogP contribution is -2.48. The second-order valence-electron chi connectivity index (χ2n) is 7.80. The topological polar surface area (TPSA) is 69.7 Å². The summed E-state index contributed by atoms with van der Waals surface area (Å²) in [5.74, 6) is -0.765. The average Bonchev–Trinajstić information content (AvgIpc) is 2.81. The van der Waals surface area contributed by atoms with Gasteiger partial charge in [0.25, 0.3) is 15.9 Å². The summed E-state index contributed by atoms with van der Waals surface area (Å²) in [5.41, 5.74) is 1.62. The number of carbonyl (C=O) groups is 1. The van der Waals surface area contributed by atoms with Crippen molar-refractivity contribution in [3.8, 4) is 0 Å². The van der Waals surface area contributed by atoms with Gasteiger partial charge in [0.15, 0.2) is 0 Å². The van der Waals surface area contributed by atoms with E-state index >= 15 is 0 Å². The van der Waals surface area contributed by atoms with E-state index in [4.69, 9.17) is 11.6 Å². The van der Waals surface area contributed by atoms with Gasteiger partial charge in [-0.05, 0) is 54.1 Å². The molecule has 172 valence electrons. The molecule has 0 saturated carbocycles. The van der Waals surface area contributed by atoms with Crippen LogP contribution in [0.1, 0.15) is 15.9 Å². The minimum atomic E-state index is -3.97. The minimum Gasteiger partial charge on any atom is -0.336 e. The highest BCUT2D eigenvalue weighted by Gasteiger charge is 2.25.